The van der Waals surface area contributed by atoms with Crippen molar-refractivity contribution in [3.8, 4) is 0 Å². The van der Waals surface area contributed by atoms with E-state index in [0.29, 0.717) is 5.54 Å². The van der Waals surface area contributed by atoms with Gasteiger partial charge in [0.2, 0.25) is 0 Å². The summed E-state index contributed by atoms with van der Waals surface area (Å²) >= 11 is 0. The highest BCUT2D eigenvalue weighted by Crippen LogP contribution is 2.40. The minimum absolute atomic E-state index is 0.529. The highest BCUT2D eigenvalue weighted by Gasteiger charge is 2.43. The van der Waals surface area contributed by atoms with E-state index in [1.54, 1.807) is 0 Å². The molecular weight excluding hydrogens is 232 g/mol. The van der Waals surface area contributed by atoms with E-state index in [1.807, 2.05) is 0 Å². The molecule has 19 heavy (non-hydrogen) atoms. The monoisotopic (exact) mass is 264 g/mol. The van der Waals surface area contributed by atoms with Crippen LogP contribution < -0.4 is 5.32 Å². The molecular formula is C17H32N2. The number of hydrogen-bond donors (Lipinski definition) is 1. The van der Waals surface area contributed by atoms with Gasteiger partial charge in [-0.2, -0.15) is 0 Å². The molecule has 3 unspecified atom stereocenters. The first kappa shape index (κ1) is 13.9. The minimum atomic E-state index is 0.529. The van der Waals surface area contributed by atoms with Crippen LogP contribution in [0.2, 0.25) is 0 Å². The fourth-order valence-corrected chi connectivity index (χ4v) is 4.91. The Morgan fingerprint density at radius 3 is 2.53 bits per heavy atom. The summed E-state index contributed by atoms with van der Waals surface area (Å²) in [5, 5.41) is 3.69. The first-order valence-corrected chi connectivity index (χ1v) is 8.69. The maximum Gasteiger partial charge on any atom is 0.0337 e. The van der Waals surface area contributed by atoms with Crippen molar-refractivity contribution < 1.29 is 0 Å². The quantitative estimate of drug-likeness (QED) is 0.780. The molecule has 2 nitrogen and oxygen atoms in total. The lowest BCUT2D eigenvalue weighted by molar-refractivity contribution is -0.0303. The Hall–Kier alpha value is -0.0800. The van der Waals surface area contributed by atoms with Crippen molar-refractivity contribution in [3.05, 3.63) is 0 Å². The summed E-state index contributed by atoms with van der Waals surface area (Å²) in [5.74, 6) is 1.87. The first-order chi connectivity index (χ1) is 9.21. The van der Waals surface area contributed by atoms with Gasteiger partial charge in [-0.3, -0.25) is 4.90 Å². The van der Waals surface area contributed by atoms with Gasteiger partial charge in [0.05, 0.1) is 0 Å². The Morgan fingerprint density at radius 2 is 1.79 bits per heavy atom. The van der Waals surface area contributed by atoms with Gasteiger partial charge in [0.25, 0.3) is 0 Å². The number of nitrogens with zero attached hydrogens (tertiary/aromatic N) is 1. The predicted molar refractivity (Wildman–Crippen MR) is 81.4 cm³/mol. The van der Waals surface area contributed by atoms with E-state index in [-0.39, 0.29) is 0 Å². The van der Waals surface area contributed by atoms with Crippen molar-refractivity contribution in [1.29, 1.82) is 0 Å². The summed E-state index contributed by atoms with van der Waals surface area (Å²) in [7, 11) is 0. The van der Waals surface area contributed by atoms with E-state index in [9.17, 15) is 0 Å². The second-order valence-corrected chi connectivity index (χ2v) is 7.58. The molecule has 0 bridgehead atoms. The Labute approximate surface area is 119 Å². The van der Waals surface area contributed by atoms with Crippen LogP contribution in [0.15, 0.2) is 0 Å². The van der Waals surface area contributed by atoms with Crippen LogP contribution in [0.1, 0.15) is 65.2 Å². The Kier molecular flexibility index (Phi) is 4.19. The third-order valence-corrected chi connectivity index (χ3v) is 6.39. The second kappa shape index (κ2) is 5.73. The lowest BCUT2D eigenvalue weighted by atomic mass is 9.73. The molecule has 0 aromatic rings. The normalized spacial score (nSPS) is 40.4. The molecule has 0 radical (unpaired) electrons. The van der Waals surface area contributed by atoms with Crippen LogP contribution in [-0.2, 0) is 0 Å². The zero-order valence-corrected chi connectivity index (χ0v) is 13.0. The van der Waals surface area contributed by atoms with Crippen molar-refractivity contribution >= 4 is 0 Å². The van der Waals surface area contributed by atoms with Crippen LogP contribution in [0.4, 0.5) is 0 Å². The van der Waals surface area contributed by atoms with Crippen LogP contribution in [0.5, 0.6) is 0 Å². The average Bonchev–Trinajstić information content (AvgIpc) is 2.44. The Balaban J connectivity index is 1.73. The zero-order chi connectivity index (χ0) is 13.3. The van der Waals surface area contributed by atoms with Gasteiger partial charge in [-0.05, 0) is 43.9 Å². The van der Waals surface area contributed by atoms with Gasteiger partial charge in [0, 0.05) is 31.2 Å². The molecule has 1 N–H and O–H groups in total. The Morgan fingerprint density at radius 1 is 1.00 bits per heavy atom. The molecule has 1 saturated heterocycles. The van der Waals surface area contributed by atoms with E-state index < -0.39 is 0 Å². The third-order valence-electron chi connectivity index (χ3n) is 6.39. The third kappa shape index (κ3) is 2.71. The zero-order valence-electron chi connectivity index (χ0n) is 13.0. The van der Waals surface area contributed by atoms with Crippen LogP contribution in [0.25, 0.3) is 0 Å². The Bertz CT molecular complexity index is 287. The summed E-state index contributed by atoms with van der Waals surface area (Å²) in [6.45, 7) is 8.70. The number of rotatable bonds is 1. The van der Waals surface area contributed by atoms with Gasteiger partial charge >= 0.3 is 0 Å². The van der Waals surface area contributed by atoms with Crippen molar-refractivity contribution in [2.45, 2.75) is 76.8 Å². The molecule has 3 atom stereocenters. The molecule has 0 aromatic carbocycles. The number of hydrogen-bond acceptors (Lipinski definition) is 2. The molecule has 2 aliphatic carbocycles. The predicted octanol–water partition coefficient (Wildman–Crippen LogP) is 3.42. The SMILES string of the molecule is CC1CCC(N2CCNCC23CCCCC3)CC1C. The van der Waals surface area contributed by atoms with Crippen molar-refractivity contribution in [2.24, 2.45) is 11.8 Å². The molecule has 110 valence electrons. The number of piperazine rings is 1. The summed E-state index contributed by atoms with van der Waals surface area (Å²) in [4.78, 5) is 2.96. The van der Waals surface area contributed by atoms with E-state index in [2.05, 4.69) is 24.1 Å². The number of nitrogens with one attached hydrogen (secondary N) is 1. The first-order valence-electron chi connectivity index (χ1n) is 8.69. The molecule has 3 fully saturated rings. The van der Waals surface area contributed by atoms with Crippen molar-refractivity contribution in [2.75, 3.05) is 19.6 Å². The van der Waals surface area contributed by atoms with Crippen LogP contribution in [0, 0.1) is 11.8 Å². The van der Waals surface area contributed by atoms with Gasteiger partial charge < -0.3 is 5.32 Å². The lowest BCUT2D eigenvalue weighted by Crippen LogP contribution is -2.65. The van der Waals surface area contributed by atoms with Gasteiger partial charge in [-0.15, -0.1) is 0 Å². The van der Waals surface area contributed by atoms with Gasteiger partial charge in [0.15, 0.2) is 0 Å². The highest BCUT2D eigenvalue weighted by atomic mass is 15.3. The van der Waals surface area contributed by atoms with Gasteiger partial charge in [-0.25, -0.2) is 0 Å². The molecule has 1 heterocycles. The maximum absolute atomic E-state index is 3.69. The van der Waals surface area contributed by atoms with Crippen molar-refractivity contribution in [3.63, 3.8) is 0 Å². The summed E-state index contributed by atoms with van der Waals surface area (Å²) in [6.07, 6.45) is 11.6. The molecule has 3 rings (SSSR count). The largest absolute Gasteiger partial charge is 0.314 e. The van der Waals surface area contributed by atoms with E-state index in [0.717, 1.165) is 17.9 Å². The lowest BCUT2D eigenvalue weighted by Gasteiger charge is -2.54. The second-order valence-electron chi connectivity index (χ2n) is 7.58. The summed E-state index contributed by atoms with van der Waals surface area (Å²) in [6, 6.07) is 0.881. The maximum atomic E-state index is 3.69. The van der Waals surface area contributed by atoms with Gasteiger partial charge in [0.1, 0.15) is 0 Å². The molecule has 0 aromatic heterocycles. The summed E-state index contributed by atoms with van der Waals surface area (Å²) < 4.78 is 0. The molecule has 1 spiro atoms. The summed E-state index contributed by atoms with van der Waals surface area (Å²) in [5.41, 5.74) is 0.529. The highest BCUT2D eigenvalue weighted by molar-refractivity contribution is 5.01. The van der Waals surface area contributed by atoms with E-state index >= 15 is 0 Å². The molecule has 0 amide bonds. The van der Waals surface area contributed by atoms with E-state index in [1.165, 1.54) is 71.0 Å². The molecule has 2 saturated carbocycles. The molecule has 1 aliphatic heterocycles. The average molecular weight is 264 g/mol. The molecule has 2 heteroatoms. The topological polar surface area (TPSA) is 15.3 Å². The smallest absolute Gasteiger partial charge is 0.0337 e. The van der Waals surface area contributed by atoms with Crippen molar-refractivity contribution in [1.82, 2.24) is 10.2 Å². The van der Waals surface area contributed by atoms with Crippen LogP contribution in [0.3, 0.4) is 0 Å². The molecule has 3 aliphatic rings. The fourth-order valence-electron chi connectivity index (χ4n) is 4.91. The standard InChI is InChI=1S/C17H32N2/c1-14-6-7-16(12-15(14)2)19-11-10-18-13-17(19)8-4-3-5-9-17/h14-16,18H,3-13H2,1-2H3. The minimum Gasteiger partial charge on any atom is -0.314 e. The fraction of sp³-hybridized carbons (Fsp3) is 1.00. The van der Waals surface area contributed by atoms with E-state index in [4.69, 9.17) is 0 Å². The van der Waals surface area contributed by atoms with Crippen LogP contribution in [-0.4, -0.2) is 36.1 Å². The van der Waals surface area contributed by atoms with Crippen LogP contribution >= 0.6 is 0 Å². The van der Waals surface area contributed by atoms with Gasteiger partial charge in [-0.1, -0.05) is 33.1 Å².